The second-order valence-electron chi connectivity index (χ2n) is 6.05. The summed E-state index contributed by atoms with van der Waals surface area (Å²) in [6.45, 7) is 0.662. The fourth-order valence-corrected chi connectivity index (χ4v) is 6.01. The average molecular weight is 361 g/mol. The topological polar surface area (TPSA) is 22.1 Å². The second kappa shape index (κ2) is 5.92. The van der Waals surface area contributed by atoms with E-state index >= 15 is 0 Å². The number of rotatable bonds is 3. The first-order valence-corrected chi connectivity index (χ1v) is 9.75. The monoisotopic (exact) mass is 361 g/mol. The molecule has 2 aromatic carbocycles. The Morgan fingerprint density at radius 3 is 2.36 bits per heavy atom. The Kier molecular flexibility index (Phi) is 3.55. The lowest BCUT2D eigenvalue weighted by Gasteiger charge is -2.00. The number of hydrogen-bond acceptors (Lipinski definition) is 4. The van der Waals surface area contributed by atoms with Gasteiger partial charge >= 0.3 is 0 Å². The zero-order valence-electron chi connectivity index (χ0n) is 13.7. The third-order valence-corrected chi connectivity index (χ3v) is 6.92. The summed E-state index contributed by atoms with van der Waals surface area (Å²) in [5.41, 5.74) is 3.43. The van der Waals surface area contributed by atoms with Crippen LogP contribution in [0.3, 0.4) is 0 Å². The van der Waals surface area contributed by atoms with Crippen LogP contribution in [0.1, 0.15) is 5.56 Å². The van der Waals surface area contributed by atoms with Gasteiger partial charge in [-0.2, -0.15) is 0 Å². The van der Waals surface area contributed by atoms with Crippen molar-refractivity contribution in [1.29, 1.82) is 0 Å². The molecule has 2 nitrogen and oxygen atoms in total. The summed E-state index contributed by atoms with van der Waals surface area (Å²) in [5.74, 6) is 0. The van der Waals surface area contributed by atoms with E-state index < -0.39 is 0 Å². The van der Waals surface area contributed by atoms with E-state index in [1.165, 1.54) is 40.7 Å². The van der Waals surface area contributed by atoms with Crippen LogP contribution in [-0.4, -0.2) is 12.1 Å². The van der Waals surface area contributed by atoms with E-state index in [4.69, 9.17) is 4.74 Å². The number of aromatic nitrogens is 1. The van der Waals surface area contributed by atoms with Crippen LogP contribution in [0.4, 0.5) is 0 Å². The van der Waals surface area contributed by atoms with Gasteiger partial charge in [-0.25, -0.2) is 0 Å². The summed E-state index contributed by atoms with van der Waals surface area (Å²) in [4.78, 5) is 4.47. The fourth-order valence-electron chi connectivity index (χ4n) is 3.25. The lowest BCUT2D eigenvalue weighted by Crippen LogP contribution is -1.85. The molecule has 0 unspecified atom stereocenters. The Bertz CT molecular complexity index is 1200. The Hall–Kier alpha value is -2.27. The highest BCUT2D eigenvalue weighted by Gasteiger charge is 2.13. The van der Waals surface area contributed by atoms with Crippen LogP contribution in [0, 0.1) is 0 Å². The number of methoxy groups -OCH3 is 1. The first-order valence-electron chi connectivity index (χ1n) is 8.11. The van der Waals surface area contributed by atoms with Gasteiger partial charge in [0.25, 0.3) is 0 Å². The van der Waals surface area contributed by atoms with E-state index in [9.17, 15) is 0 Å². The smallest absolute Gasteiger partial charge is 0.0713 e. The first kappa shape index (κ1) is 15.0. The van der Waals surface area contributed by atoms with Crippen LogP contribution in [0.15, 0.2) is 60.8 Å². The minimum absolute atomic E-state index is 0.662. The van der Waals surface area contributed by atoms with E-state index in [2.05, 4.69) is 47.4 Å². The average Bonchev–Trinajstić information content (AvgIpc) is 3.17. The maximum Gasteiger partial charge on any atom is 0.0713 e. The highest BCUT2D eigenvalue weighted by molar-refractivity contribution is 7.36. The van der Waals surface area contributed by atoms with Crippen LogP contribution >= 0.6 is 22.7 Å². The highest BCUT2D eigenvalue weighted by Crippen LogP contribution is 2.45. The van der Waals surface area contributed by atoms with Crippen molar-refractivity contribution in [2.75, 3.05) is 7.11 Å². The molecule has 3 heterocycles. The largest absolute Gasteiger partial charge is 0.380 e. The van der Waals surface area contributed by atoms with Crippen molar-refractivity contribution in [3.63, 3.8) is 0 Å². The van der Waals surface area contributed by atoms with Gasteiger partial charge in [0.1, 0.15) is 0 Å². The minimum Gasteiger partial charge on any atom is -0.380 e. The van der Waals surface area contributed by atoms with Gasteiger partial charge in [0, 0.05) is 39.0 Å². The van der Waals surface area contributed by atoms with Crippen molar-refractivity contribution in [2.24, 2.45) is 0 Å². The zero-order valence-corrected chi connectivity index (χ0v) is 15.3. The van der Waals surface area contributed by atoms with Crippen molar-refractivity contribution in [2.45, 2.75) is 6.61 Å². The molecule has 3 aromatic heterocycles. The van der Waals surface area contributed by atoms with Gasteiger partial charge in [0.05, 0.1) is 21.7 Å². The summed E-state index contributed by atoms with van der Waals surface area (Å²) in [7, 11) is 1.74. The Labute approximate surface area is 153 Å². The van der Waals surface area contributed by atoms with Crippen molar-refractivity contribution < 1.29 is 4.74 Å². The molecule has 0 radical (unpaired) electrons. The first-order chi connectivity index (χ1) is 12.3. The van der Waals surface area contributed by atoms with Crippen molar-refractivity contribution in [3.8, 4) is 11.3 Å². The number of fused-ring (bicyclic) bond motifs is 5. The van der Waals surface area contributed by atoms with Gasteiger partial charge in [-0.1, -0.05) is 30.3 Å². The maximum atomic E-state index is 5.26. The minimum atomic E-state index is 0.662. The Balaban J connectivity index is 1.71. The van der Waals surface area contributed by atoms with E-state index in [1.54, 1.807) is 7.11 Å². The number of nitrogens with zero attached hydrogens (tertiary/aromatic N) is 1. The van der Waals surface area contributed by atoms with Crippen molar-refractivity contribution >= 4 is 52.2 Å². The van der Waals surface area contributed by atoms with Crippen LogP contribution in [0.25, 0.3) is 40.8 Å². The molecule has 0 atom stereocenters. The van der Waals surface area contributed by atoms with Crippen LogP contribution < -0.4 is 0 Å². The number of thiophene rings is 2. The zero-order chi connectivity index (χ0) is 16.8. The standard InChI is InChI=1S/C21H15NOS2/c1-23-12-13-5-7-15-18(10-13)24-21-16-8-6-14(11-19(16)25-20(15)21)17-4-2-3-9-22-17/h2-11H,12H2,1H3. The van der Waals surface area contributed by atoms with E-state index in [1.807, 2.05) is 41.0 Å². The lowest BCUT2D eigenvalue weighted by molar-refractivity contribution is 0.185. The molecule has 4 heteroatoms. The van der Waals surface area contributed by atoms with Gasteiger partial charge in [0.2, 0.25) is 0 Å². The number of ether oxygens (including phenoxy) is 1. The summed E-state index contributed by atoms with van der Waals surface area (Å²) in [6.07, 6.45) is 1.84. The van der Waals surface area contributed by atoms with Crippen LogP contribution in [0.2, 0.25) is 0 Å². The quantitative estimate of drug-likeness (QED) is 0.367. The lowest BCUT2D eigenvalue weighted by atomic mass is 10.1. The number of pyridine rings is 1. The van der Waals surface area contributed by atoms with Gasteiger partial charge in [0.15, 0.2) is 0 Å². The van der Waals surface area contributed by atoms with E-state index in [0.29, 0.717) is 6.61 Å². The molecule has 0 spiro atoms. The summed E-state index contributed by atoms with van der Waals surface area (Å²) < 4.78 is 10.7. The molecule has 0 saturated heterocycles. The maximum absolute atomic E-state index is 5.26. The molecule has 25 heavy (non-hydrogen) atoms. The highest BCUT2D eigenvalue weighted by atomic mass is 32.1. The molecule has 0 aliphatic rings. The molecule has 0 bridgehead atoms. The summed E-state index contributed by atoms with van der Waals surface area (Å²) >= 11 is 3.76. The summed E-state index contributed by atoms with van der Waals surface area (Å²) in [6, 6.07) is 19.4. The molecule has 0 aliphatic heterocycles. The van der Waals surface area contributed by atoms with E-state index in [0.717, 1.165) is 5.69 Å². The number of hydrogen-bond donors (Lipinski definition) is 0. The third kappa shape index (κ3) is 2.45. The van der Waals surface area contributed by atoms with Crippen molar-refractivity contribution in [3.05, 3.63) is 66.4 Å². The molecule has 0 saturated carbocycles. The summed E-state index contributed by atoms with van der Waals surface area (Å²) in [5, 5.41) is 2.69. The predicted octanol–water partition coefficient (Wildman–Crippen LogP) is 6.48. The normalized spacial score (nSPS) is 11.7. The van der Waals surface area contributed by atoms with Crippen LogP contribution in [0.5, 0.6) is 0 Å². The predicted molar refractivity (Wildman–Crippen MR) is 109 cm³/mol. The molecule has 5 rings (SSSR count). The SMILES string of the molecule is COCc1ccc2c(c1)sc1c3ccc(-c4ccccn4)cc3sc21. The molecule has 0 fully saturated rings. The molecule has 0 amide bonds. The van der Waals surface area contributed by atoms with Gasteiger partial charge < -0.3 is 4.74 Å². The molecule has 0 N–H and O–H groups in total. The molecular weight excluding hydrogens is 346 g/mol. The molecular formula is C21H15NOS2. The van der Waals surface area contributed by atoms with E-state index in [-0.39, 0.29) is 0 Å². The third-order valence-electron chi connectivity index (χ3n) is 4.42. The van der Waals surface area contributed by atoms with Crippen molar-refractivity contribution in [1.82, 2.24) is 4.98 Å². The molecule has 5 aromatic rings. The second-order valence-corrected chi connectivity index (χ2v) is 8.16. The molecule has 0 aliphatic carbocycles. The number of benzene rings is 2. The van der Waals surface area contributed by atoms with Gasteiger partial charge in [-0.05, 0) is 29.8 Å². The van der Waals surface area contributed by atoms with Crippen LogP contribution in [-0.2, 0) is 11.3 Å². The molecule has 122 valence electrons. The van der Waals surface area contributed by atoms with Gasteiger partial charge in [-0.15, -0.1) is 22.7 Å². The fraction of sp³-hybridized carbons (Fsp3) is 0.0952. The van der Waals surface area contributed by atoms with Gasteiger partial charge in [-0.3, -0.25) is 4.98 Å². The Morgan fingerprint density at radius 2 is 1.64 bits per heavy atom. The Morgan fingerprint density at radius 1 is 0.880 bits per heavy atom.